The summed E-state index contributed by atoms with van der Waals surface area (Å²) in [6.45, 7) is 5.16. The molecule has 0 unspecified atom stereocenters. The predicted octanol–water partition coefficient (Wildman–Crippen LogP) is 2.43. The molecule has 1 aliphatic heterocycles. The SMILES string of the molecule is CCCc1cc([C@H]2CCCN2C(=O)NCCC(=O)OCC)no1. The van der Waals surface area contributed by atoms with Gasteiger partial charge in [-0.15, -0.1) is 0 Å². The maximum absolute atomic E-state index is 12.3. The van der Waals surface area contributed by atoms with Crippen LogP contribution in [0.2, 0.25) is 0 Å². The molecule has 1 saturated heterocycles. The Bertz CT molecular complexity index is 529. The zero-order chi connectivity index (χ0) is 16.7. The van der Waals surface area contributed by atoms with E-state index in [9.17, 15) is 9.59 Å². The lowest BCUT2D eigenvalue weighted by molar-refractivity contribution is -0.142. The van der Waals surface area contributed by atoms with Crippen molar-refractivity contribution in [1.82, 2.24) is 15.4 Å². The van der Waals surface area contributed by atoms with Crippen LogP contribution in [0.1, 0.15) is 57.0 Å². The minimum Gasteiger partial charge on any atom is -0.466 e. The molecule has 2 amide bonds. The number of nitrogens with zero attached hydrogens (tertiary/aromatic N) is 2. The van der Waals surface area contributed by atoms with Gasteiger partial charge >= 0.3 is 12.0 Å². The molecule has 1 N–H and O–H groups in total. The molecule has 128 valence electrons. The van der Waals surface area contributed by atoms with Crippen molar-refractivity contribution in [2.45, 2.75) is 52.0 Å². The number of aromatic nitrogens is 1. The van der Waals surface area contributed by atoms with Crippen molar-refractivity contribution < 1.29 is 18.8 Å². The molecule has 1 aliphatic rings. The van der Waals surface area contributed by atoms with Gasteiger partial charge in [0.25, 0.3) is 0 Å². The maximum Gasteiger partial charge on any atom is 0.317 e. The number of carbonyl (C=O) groups excluding carboxylic acids is 2. The number of likely N-dealkylation sites (tertiary alicyclic amines) is 1. The van der Waals surface area contributed by atoms with Crippen LogP contribution >= 0.6 is 0 Å². The molecule has 0 aromatic carbocycles. The summed E-state index contributed by atoms with van der Waals surface area (Å²) in [4.78, 5) is 25.4. The molecule has 2 heterocycles. The fourth-order valence-corrected chi connectivity index (χ4v) is 2.77. The molecular weight excluding hydrogens is 298 g/mol. The Morgan fingerprint density at radius 2 is 2.30 bits per heavy atom. The van der Waals surface area contributed by atoms with Crippen LogP contribution < -0.4 is 5.32 Å². The van der Waals surface area contributed by atoms with Gasteiger partial charge in [-0.2, -0.15) is 0 Å². The minimum atomic E-state index is -0.300. The van der Waals surface area contributed by atoms with Gasteiger partial charge < -0.3 is 19.5 Å². The molecule has 1 fully saturated rings. The number of urea groups is 1. The first-order chi connectivity index (χ1) is 11.2. The minimum absolute atomic E-state index is 0.0491. The molecule has 0 radical (unpaired) electrons. The molecule has 1 aromatic rings. The summed E-state index contributed by atoms with van der Waals surface area (Å²) in [7, 11) is 0. The summed E-state index contributed by atoms with van der Waals surface area (Å²) in [6.07, 6.45) is 3.85. The van der Waals surface area contributed by atoms with E-state index in [1.165, 1.54) is 0 Å². The van der Waals surface area contributed by atoms with Gasteiger partial charge in [-0.1, -0.05) is 12.1 Å². The lowest BCUT2D eigenvalue weighted by atomic mass is 10.1. The van der Waals surface area contributed by atoms with Gasteiger partial charge in [-0.25, -0.2) is 4.79 Å². The summed E-state index contributed by atoms with van der Waals surface area (Å²) in [6, 6.07) is 1.72. The van der Waals surface area contributed by atoms with E-state index in [0.717, 1.165) is 37.1 Å². The highest BCUT2D eigenvalue weighted by atomic mass is 16.5. The molecule has 7 heteroatoms. The van der Waals surface area contributed by atoms with E-state index in [-0.39, 0.29) is 31.0 Å². The third-order valence-electron chi connectivity index (χ3n) is 3.84. The van der Waals surface area contributed by atoms with Crippen LogP contribution in [-0.4, -0.2) is 41.8 Å². The van der Waals surface area contributed by atoms with E-state index in [1.807, 2.05) is 6.07 Å². The third kappa shape index (κ3) is 4.71. The first kappa shape index (κ1) is 17.3. The molecule has 0 bridgehead atoms. The van der Waals surface area contributed by atoms with Crippen LogP contribution in [-0.2, 0) is 16.0 Å². The topological polar surface area (TPSA) is 84.7 Å². The van der Waals surface area contributed by atoms with Crippen molar-refractivity contribution >= 4 is 12.0 Å². The van der Waals surface area contributed by atoms with Crippen molar-refractivity contribution in [3.05, 3.63) is 17.5 Å². The summed E-state index contributed by atoms with van der Waals surface area (Å²) >= 11 is 0. The van der Waals surface area contributed by atoms with Crippen LogP contribution in [0.15, 0.2) is 10.6 Å². The number of hydrogen-bond donors (Lipinski definition) is 1. The van der Waals surface area contributed by atoms with Crippen molar-refractivity contribution in [2.75, 3.05) is 19.7 Å². The molecule has 23 heavy (non-hydrogen) atoms. The van der Waals surface area contributed by atoms with Crippen LogP contribution in [0.4, 0.5) is 4.79 Å². The third-order valence-corrected chi connectivity index (χ3v) is 3.84. The van der Waals surface area contributed by atoms with Gasteiger partial charge in [-0.3, -0.25) is 4.79 Å². The number of aryl methyl sites for hydroxylation is 1. The van der Waals surface area contributed by atoms with Crippen molar-refractivity contribution in [1.29, 1.82) is 0 Å². The number of esters is 1. The standard InChI is InChI=1S/C16H25N3O4/c1-3-6-12-11-13(18-23-12)14-7-5-10-19(14)16(21)17-9-8-15(20)22-4-2/h11,14H,3-10H2,1-2H3,(H,17,21)/t14-/m1/s1. The molecule has 0 aliphatic carbocycles. The van der Waals surface area contributed by atoms with E-state index in [4.69, 9.17) is 9.26 Å². The number of rotatable bonds is 7. The fourth-order valence-electron chi connectivity index (χ4n) is 2.77. The molecular formula is C16H25N3O4. The number of amides is 2. The van der Waals surface area contributed by atoms with Crippen LogP contribution in [0.25, 0.3) is 0 Å². The first-order valence-electron chi connectivity index (χ1n) is 8.31. The summed E-state index contributed by atoms with van der Waals surface area (Å²) in [5.74, 6) is 0.559. The lowest BCUT2D eigenvalue weighted by Gasteiger charge is -2.23. The monoisotopic (exact) mass is 323 g/mol. The van der Waals surface area contributed by atoms with E-state index < -0.39 is 0 Å². The zero-order valence-electron chi connectivity index (χ0n) is 13.8. The summed E-state index contributed by atoms with van der Waals surface area (Å²) < 4.78 is 10.2. The average molecular weight is 323 g/mol. The Hall–Kier alpha value is -2.05. The Kier molecular flexibility index (Phi) is 6.43. The Balaban J connectivity index is 1.87. The normalized spacial score (nSPS) is 17.3. The van der Waals surface area contributed by atoms with Crippen molar-refractivity contribution in [2.24, 2.45) is 0 Å². The quantitative estimate of drug-likeness (QED) is 0.779. The number of ether oxygens (including phenoxy) is 1. The fraction of sp³-hybridized carbons (Fsp3) is 0.688. The zero-order valence-corrected chi connectivity index (χ0v) is 13.8. The van der Waals surface area contributed by atoms with Gasteiger partial charge in [0.2, 0.25) is 0 Å². The average Bonchev–Trinajstić information content (AvgIpc) is 3.16. The van der Waals surface area contributed by atoms with E-state index in [2.05, 4.69) is 17.4 Å². The maximum atomic E-state index is 12.3. The van der Waals surface area contributed by atoms with E-state index in [1.54, 1.807) is 11.8 Å². The van der Waals surface area contributed by atoms with Crippen molar-refractivity contribution in [3.63, 3.8) is 0 Å². The molecule has 1 atom stereocenters. The smallest absolute Gasteiger partial charge is 0.317 e. The predicted molar refractivity (Wildman–Crippen MR) is 83.8 cm³/mol. The van der Waals surface area contributed by atoms with E-state index in [0.29, 0.717) is 13.2 Å². The van der Waals surface area contributed by atoms with Gasteiger partial charge in [0.15, 0.2) is 0 Å². The lowest BCUT2D eigenvalue weighted by Crippen LogP contribution is -2.40. The largest absolute Gasteiger partial charge is 0.466 e. The highest BCUT2D eigenvalue weighted by molar-refractivity contribution is 5.76. The van der Waals surface area contributed by atoms with Crippen LogP contribution in [0.5, 0.6) is 0 Å². The van der Waals surface area contributed by atoms with E-state index >= 15 is 0 Å². The molecule has 0 spiro atoms. The van der Waals surface area contributed by atoms with Crippen LogP contribution in [0.3, 0.4) is 0 Å². The van der Waals surface area contributed by atoms with Gasteiger partial charge in [0.1, 0.15) is 11.5 Å². The molecule has 7 nitrogen and oxygen atoms in total. The number of nitrogens with one attached hydrogen (secondary N) is 1. The molecule has 0 saturated carbocycles. The van der Waals surface area contributed by atoms with Gasteiger partial charge in [0.05, 0.1) is 19.1 Å². The second-order valence-corrected chi connectivity index (χ2v) is 5.61. The number of hydrogen-bond acceptors (Lipinski definition) is 5. The highest BCUT2D eigenvalue weighted by Gasteiger charge is 2.32. The van der Waals surface area contributed by atoms with Crippen LogP contribution in [0, 0.1) is 0 Å². The van der Waals surface area contributed by atoms with Gasteiger partial charge in [0, 0.05) is 25.6 Å². The first-order valence-corrected chi connectivity index (χ1v) is 8.31. The molecule has 2 rings (SSSR count). The second-order valence-electron chi connectivity index (χ2n) is 5.61. The Morgan fingerprint density at radius 1 is 1.48 bits per heavy atom. The molecule has 1 aromatic heterocycles. The Morgan fingerprint density at radius 3 is 3.04 bits per heavy atom. The van der Waals surface area contributed by atoms with Crippen molar-refractivity contribution in [3.8, 4) is 0 Å². The number of carbonyl (C=O) groups is 2. The second kappa shape index (κ2) is 8.55. The highest BCUT2D eigenvalue weighted by Crippen LogP contribution is 2.31. The summed E-state index contributed by atoms with van der Waals surface area (Å²) in [5, 5.41) is 6.88. The summed E-state index contributed by atoms with van der Waals surface area (Å²) in [5.41, 5.74) is 0.812. The Labute approximate surface area is 136 Å². The van der Waals surface area contributed by atoms with Gasteiger partial charge in [-0.05, 0) is 26.2 Å².